The lowest BCUT2D eigenvalue weighted by atomic mass is 9.98. The molecule has 2 N–H and O–H groups in total. The second-order valence-corrected chi connectivity index (χ2v) is 5.51. The van der Waals surface area contributed by atoms with E-state index in [-0.39, 0.29) is 12.4 Å². The fourth-order valence-electron chi connectivity index (χ4n) is 2.81. The van der Waals surface area contributed by atoms with Crippen molar-refractivity contribution in [2.24, 2.45) is 11.7 Å². The second-order valence-electron chi connectivity index (χ2n) is 5.51. The highest BCUT2D eigenvalue weighted by Gasteiger charge is 2.20. The predicted octanol–water partition coefficient (Wildman–Crippen LogP) is 1.99. The molecule has 0 amide bonds. The first-order valence-electron chi connectivity index (χ1n) is 7.41. The molecule has 21 heavy (non-hydrogen) atoms. The number of hydrogen-bond donors (Lipinski definition) is 1. The van der Waals surface area contributed by atoms with Crippen LogP contribution in [0.2, 0.25) is 0 Å². The van der Waals surface area contributed by atoms with Crippen molar-refractivity contribution in [3.63, 3.8) is 0 Å². The first kappa shape index (κ1) is 16.0. The normalized spacial score (nSPS) is 19.1. The van der Waals surface area contributed by atoms with Gasteiger partial charge in [0.05, 0.1) is 13.2 Å². The van der Waals surface area contributed by atoms with Crippen LogP contribution in [0.25, 0.3) is 0 Å². The van der Waals surface area contributed by atoms with Crippen LogP contribution in [-0.4, -0.2) is 38.3 Å². The van der Waals surface area contributed by atoms with Gasteiger partial charge in [-0.2, -0.15) is 0 Å². The zero-order valence-corrected chi connectivity index (χ0v) is 12.6. The average Bonchev–Trinajstić information content (AvgIpc) is 2.48. The summed E-state index contributed by atoms with van der Waals surface area (Å²) in [6.45, 7) is 3.72. The Morgan fingerprint density at radius 2 is 2.33 bits per heavy atom. The third kappa shape index (κ3) is 4.82. The summed E-state index contributed by atoms with van der Waals surface area (Å²) in [7, 11) is 1.74. The van der Waals surface area contributed by atoms with Crippen molar-refractivity contribution >= 4 is 0 Å². The molecule has 2 rings (SSSR count). The largest absolute Gasteiger partial charge is 0.384 e. The highest BCUT2D eigenvalue weighted by Crippen LogP contribution is 2.20. The summed E-state index contributed by atoms with van der Waals surface area (Å²) in [6, 6.07) is 5.18. The van der Waals surface area contributed by atoms with Gasteiger partial charge in [-0.1, -0.05) is 17.9 Å². The SMILES string of the molecule is COCC1CCCN(Cc2ccc(C#CCN)cc2F)C1. The number of ether oxygens (including phenoxy) is 1. The van der Waals surface area contributed by atoms with Crippen molar-refractivity contribution < 1.29 is 9.13 Å². The molecule has 0 aliphatic carbocycles. The lowest BCUT2D eigenvalue weighted by molar-refractivity contribution is 0.0868. The van der Waals surface area contributed by atoms with Gasteiger partial charge in [0.2, 0.25) is 0 Å². The van der Waals surface area contributed by atoms with Gasteiger partial charge in [0.1, 0.15) is 5.82 Å². The molecule has 1 aromatic carbocycles. The topological polar surface area (TPSA) is 38.5 Å². The third-order valence-corrected chi connectivity index (χ3v) is 3.79. The Bertz CT molecular complexity index is 519. The van der Waals surface area contributed by atoms with Gasteiger partial charge >= 0.3 is 0 Å². The Labute approximate surface area is 126 Å². The molecule has 1 fully saturated rings. The number of nitrogens with zero attached hydrogens (tertiary/aromatic N) is 1. The molecule has 1 atom stereocenters. The fourth-order valence-corrected chi connectivity index (χ4v) is 2.81. The zero-order valence-electron chi connectivity index (χ0n) is 12.6. The molecule has 4 heteroatoms. The van der Waals surface area contributed by atoms with Crippen LogP contribution in [0, 0.1) is 23.6 Å². The zero-order chi connectivity index (χ0) is 15.1. The van der Waals surface area contributed by atoms with Gasteiger partial charge in [0, 0.05) is 31.3 Å². The first-order chi connectivity index (χ1) is 10.2. The summed E-state index contributed by atoms with van der Waals surface area (Å²) >= 11 is 0. The molecule has 1 aromatic rings. The monoisotopic (exact) mass is 290 g/mol. The van der Waals surface area contributed by atoms with E-state index in [0.717, 1.165) is 31.7 Å². The van der Waals surface area contributed by atoms with Crippen LogP contribution in [0.4, 0.5) is 4.39 Å². The van der Waals surface area contributed by atoms with E-state index >= 15 is 0 Å². The van der Waals surface area contributed by atoms with Gasteiger partial charge < -0.3 is 10.5 Å². The summed E-state index contributed by atoms with van der Waals surface area (Å²) in [5.41, 5.74) is 6.73. The minimum atomic E-state index is -0.187. The standard InChI is InChI=1S/C17H23FN2O/c1-21-13-15-5-3-9-20(11-15)12-16-7-6-14(4-2-8-19)10-17(16)18/h6-7,10,15H,3,5,8-9,11-13,19H2,1H3. The Morgan fingerprint density at radius 1 is 1.48 bits per heavy atom. The van der Waals surface area contributed by atoms with Crippen molar-refractivity contribution in [3.05, 3.63) is 35.1 Å². The Morgan fingerprint density at radius 3 is 3.05 bits per heavy atom. The number of hydrogen-bond acceptors (Lipinski definition) is 3. The van der Waals surface area contributed by atoms with Crippen molar-refractivity contribution in [2.75, 3.05) is 33.4 Å². The molecule has 0 aromatic heterocycles. The summed E-state index contributed by atoms with van der Waals surface area (Å²) in [5.74, 6) is 5.96. The second kappa shape index (κ2) is 8.14. The van der Waals surface area contributed by atoms with Gasteiger partial charge in [-0.3, -0.25) is 4.90 Å². The molecule has 1 unspecified atom stereocenters. The van der Waals surface area contributed by atoms with Crippen molar-refractivity contribution in [3.8, 4) is 11.8 Å². The van der Waals surface area contributed by atoms with Gasteiger partial charge in [-0.25, -0.2) is 4.39 Å². The predicted molar refractivity (Wildman–Crippen MR) is 82.2 cm³/mol. The number of rotatable bonds is 4. The maximum atomic E-state index is 14.1. The van der Waals surface area contributed by atoms with Crippen LogP contribution in [0.3, 0.4) is 0 Å². The summed E-state index contributed by atoms with van der Waals surface area (Å²) in [4.78, 5) is 2.30. The van der Waals surface area contributed by atoms with Crippen molar-refractivity contribution in [1.29, 1.82) is 0 Å². The molecule has 0 saturated carbocycles. The molecule has 1 saturated heterocycles. The molecule has 1 aliphatic heterocycles. The van der Waals surface area contributed by atoms with Gasteiger partial charge in [0.25, 0.3) is 0 Å². The maximum Gasteiger partial charge on any atom is 0.128 e. The molecule has 114 valence electrons. The van der Waals surface area contributed by atoms with Gasteiger partial charge in [-0.05, 0) is 37.4 Å². The summed E-state index contributed by atoms with van der Waals surface area (Å²) in [5, 5.41) is 0. The van der Waals surface area contributed by atoms with E-state index in [2.05, 4.69) is 16.7 Å². The molecular formula is C17H23FN2O. The number of halogens is 1. The van der Waals surface area contributed by atoms with E-state index < -0.39 is 0 Å². The number of methoxy groups -OCH3 is 1. The molecule has 3 nitrogen and oxygen atoms in total. The first-order valence-corrected chi connectivity index (χ1v) is 7.41. The number of piperidine rings is 1. The van der Waals surface area contributed by atoms with E-state index in [0.29, 0.717) is 18.0 Å². The van der Waals surface area contributed by atoms with E-state index in [4.69, 9.17) is 10.5 Å². The number of benzene rings is 1. The summed E-state index contributed by atoms with van der Waals surface area (Å²) in [6.07, 6.45) is 2.34. The minimum Gasteiger partial charge on any atom is -0.384 e. The molecule has 1 heterocycles. The Kier molecular flexibility index (Phi) is 6.19. The summed E-state index contributed by atoms with van der Waals surface area (Å²) < 4.78 is 19.4. The van der Waals surface area contributed by atoms with Crippen LogP contribution >= 0.6 is 0 Å². The Balaban J connectivity index is 1.99. The number of nitrogens with two attached hydrogens (primary N) is 1. The quantitative estimate of drug-likeness (QED) is 0.862. The molecule has 0 bridgehead atoms. The molecular weight excluding hydrogens is 267 g/mol. The highest BCUT2D eigenvalue weighted by atomic mass is 19.1. The maximum absolute atomic E-state index is 14.1. The van der Waals surface area contributed by atoms with Crippen LogP contribution in [0.5, 0.6) is 0 Å². The fraction of sp³-hybridized carbons (Fsp3) is 0.529. The van der Waals surface area contributed by atoms with E-state index in [1.54, 1.807) is 7.11 Å². The van der Waals surface area contributed by atoms with Crippen LogP contribution < -0.4 is 5.73 Å². The lowest BCUT2D eigenvalue weighted by Crippen LogP contribution is -2.36. The highest BCUT2D eigenvalue weighted by molar-refractivity contribution is 5.37. The van der Waals surface area contributed by atoms with E-state index in [1.807, 2.05) is 12.1 Å². The van der Waals surface area contributed by atoms with Crippen molar-refractivity contribution in [2.45, 2.75) is 19.4 Å². The third-order valence-electron chi connectivity index (χ3n) is 3.79. The molecule has 0 spiro atoms. The van der Waals surface area contributed by atoms with Crippen LogP contribution in [0.15, 0.2) is 18.2 Å². The number of likely N-dealkylation sites (tertiary alicyclic amines) is 1. The smallest absolute Gasteiger partial charge is 0.128 e. The van der Waals surface area contributed by atoms with E-state index in [9.17, 15) is 4.39 Å². The Hall–Kier alpha value is -1.41. The van der Waals surface area contributed by atoms with Gasteiger partial charge in [-0.15, -0.1) is 0 Å². The molecule has 1 aliphatic rings. The average molecular weight is 290 g/mol. The van der Waals surface area contributed by atoms with E-state index in [1.165, 1.54) is 12.5 Å². The van der Waals surface area contributed by atoms with Crippen molar-refractivity contribution in [1.82, 2.24) is 4.90 Å². The van der Waals surface area contributed by atoms with Crippen LogP contribution in [-0.2, 0) is 11.3 Å². The minimum absolute atomic E-state index is 0.187. The lowest BCUT2D eigenvalue weighted by Gasteiger charge is -2.32. The molecule has 0 radical (unpaired) electrons. The van der Waals surface area contributed by atoms with Crippen LogP contribution in [0.1, 0.15) is 24.0 Å². The van der Waals surface area contributed by atoms with Gasteiger partial charge in [0.15, 0.2) is 0 Å².